The molecular formula is C14H15NO3. The molecule has 0 saturated heterocycles. The molecule has 1 N–H and O–H groups in total. The molecule has 1 heterocycles. The van der Waals surface area contributed by atoms with Gasteiger partial charge < -0.3 is 14.5 Å². The second-order valence-corrected chi connectivity index (χ2v) is 4.64. The fourth-order valence-electron chi connectivity index (χ4n) is 1.96. The van der Waals surface area contributed by atoms with Crippen molar-refractivity contribution in [2.45, 2.75) is 12.8 Å². The molecule has 94 valence electrons. The Morgan fingerprint density at radius 3 is 3.06 bits per heavy atom. The van der Waals surface area contributed by atoms with Crippen LogP contribution in [0.4, 0.5) is 0 Å². The van der Waals surface area contributed by atoms with Gasteiger partial charge in [-0.25, -0.2) is 0 Å². The van der Waals surface area contributed by atoms with E-state index in [2.05, 4.69) is 5.32 Å². The maximum absolute atomic E-state index is 11.9. The zero-order chi connectivity index (χ0) is 12.5. The SMILES string of the molecule is COc1cccc2cc(C(=O)NCC3CC3)oc12. The van der Waals surface area contributed by atoms with Crippen molar-refractivity contribution in [3.63, 3.8) is 0 Å². The molecule has 2 aromatic rings. The lowest BCUT2D eigenvalue weighted by Gasteiger charge is -2.00. The number of carbonyl (C=O) groups is 1. The Morgan fingerprint density at radius 1 is 1.50 bits per heavy atom. The van der Waals surface area contributed by atoms with Gasteiger partial charge >= 0.3 is 0 Å². The van der Waals surface area contributed by atoms with Gasteiger partial charge in [0, 0.05) is 11.9 Å². The van der Waals surface area contributed by atoms with E-state index in [9.17, 15) is 4.79 Å². The number of benzene rings is 1. The third-order valence-electron chi connectivity index (χ3n) is 3.20. The van der Waals surface area contributed by atoms with Crippen LogP contribution in [0.1, 0.15) is 23.4 Å². The van der Waals surface area contributed by atoms with Crippen molar-refractivity contribution in [3.8, 4) is 5.75 Å². The highest BCUT2D eigenvalue weighted by molar-refractivity contribution is 5.97. The normalized spacial score (nSPS) is 14.7. The van der Waals surface area contributed by atoms with Crippen LogP contribution in [0.2, 0.25) is 0 Å². The molecule has 0 radical (unpaired) electrons. The molecule has 0 bridgehead atoms. The summed E-state index contributed by atoms with van der Waals surface area (Å²) in [4.78, 5) is 11.9. The Bertz CT molecular complexity index is 584. The van der Waals surface area contributed by atoms with Gasteiger partial charge in [-0.2, -0.15) is 0 Å². The summed E-state index contributed by atoms with van der Waals surface area (Å²) in [5.41, 5.74) is 0.622. The summed E-state index contributed by atoms with van der Waals surface area (Å²) in [7, 11) is 1.59. The molecule has 0 spiro atoms. The molecule has 0 aliphatic heterocycles. The van der Waals surface area contributed by atoms with Crippen LogP contribution in [0.3, 0.4) is 0 Å². The molecule has 1 aliphatic carbocycles. The van der Waals surface area contributed by atoms with Gasteiger partial charge in [0.15, 0.2) is 17.1 Å². The third-order valence-corrected chi connectivity index (χ3v) is 3.20. The largest absolute Gasteiger partial charge is 0.493 e. The zero-order valence-electron chi connectivity index (χ0n) is 10.2. The number of fused-ring (bicyclic) bond motifs is 1. The van der Waals surface area contributed by atoms with Crippen LogP contribution in [-0.2, 0) is 0 Å². The molecule has 1 aromatic carbocycles. The summed E-state index contributed by atoms with van der Waals surface area (Å²) in [6.45, 7) is 0.743. The highest BCUT2D eigenvalue weighted by atomic mass is 16.5. The fourth-order valence-corrected chi connectivity index (χ4v) is 1.96. The van der Waals surface area contributed by atoms with E-state index in [0.29, 0.717) is 23.0 Å². The second-order valence-electron chi connectivity index (χ2n) is 4.64. The molecule has 1 aliphatic rings. The van der Waals surface area contributed by atoms with Crippen molar-refractivity contribution in [3.05, 3.63) is 30.0 Å². The highest BCUT2D eigenvalue weighted by Crippen LogP contribution is 2.29. The van der Waals surface area contributed by atoms with Crippen molar-refractivity contribution in [2.75, 3.05) is 13.7 Å². The van der Waals surface area contributed by atoms with Gasteiger partial charge in [0.25, 0.3) is 5.91 Å². The lowest BCUT2D eigenvalue weighted by atomic mass is 10.2. The quantitative estimate of drug-likeness (QED) is 0.900. The Labute approximate surface area is 105 Å². The van der Waals surface area contributed by atoms with E-state index >= 15 is 0 Å². The third kappa shape index (κ3) is 2.06. The van der Waals surface area contributed by atoms with Crippen molar-refractivity contribution >= 4 is 16.9 Å². The first-order chi connectivity index (χ1) is 8.78. The molecule has 1 aromatic heterocycles. The van der Waals surface area contributed by atoms with E-state index in [-0.39, 0.29) is 5.91 Å². The predicted molar refractivity (Wildman–Crippen MR) is 67.8 cm³/mol. The summed E-state index contributed by atoms with van der Waals surface area (Å²) in [6, 6.07) is 7.35. The van der Waals surface area contributed by atoms with Gasteiger partial charge in [0.1, 0.15) is 0 Å². The van der Waals surface area contributed by atoms with Crippen LogP contribution >= 0.6 is 0 Å². The Kier molecular flexibility index (Phi) is 2.70. The number of hydrogen-bond donors (Lipinski definition) is 1. The Hall–Kier alpha value is -1.97. The van der Waals surface area contributed by atoms with Crippen LogP contribution in [0.15, 0.2) is 28.7 Å². The average Bonchev–Trinajstić information content (AvgIpc) is 3.11. The van der Waals surface area contributed by atoms with Crippen LogP contribution in [0.5, 0.6) is 5.75 Å². The van der Waals surface area contributed by atoms with Crippen molar-refractivity contribution < 1.29 is 13.9 Å². The van der Waals surface area contributed by atoms with Crippen LogP contribution in [0.25, 0.3) is 11.0 Å². The van der Waals surface area contributed by atoms with E-state index < -0.39 is 0 Å². The molecule has 18 heavy (non-hydrogen) atoms. The fraction of sp³-hybridized carbons (Fsp3) is 0.357. The topological polar surface area (TPSA) is 51.5 Å². The van der Waals surface area contributed by atoms with Crippen LogP contribution < -0.4 is 10.1 Å². The van der Waals surface area contributed by atoms with Gasteiger partial charge in [0.2, 0.25) is 0 Å². The minimum Gasteiger partial charge on any atom is -0.493 e. The standard InChI is InChI=1S/C14H15NO3/c1-17-11-4-2-3-10-7-12(18-13(10)11)14(16)15-8-9-5-6-9/h2-4,7,9H,5-6,8H2,1H3,(H,15,16). The van der Waals surface area contributed by atoms with Crippen LogP contribution in [0, 0.1) is 5.92 Å². The van der Waals surface area contributed by atoms with E-state index in [1.54, 1.807) is 13.2 Å². The minimum absolute atomic E-state index is 0.153. The number of hydrogen-bond acceptors (Lipinski definition) is 3. The predicted octanol–water partition coefficient (Wildman–Crippen LogP) is 2.58. The van der Waals surface area contributed by atoms with Gasteiger partial charge in [-0.3, -0.25) is 4.79 Å². The van der Waals surface area contributed by atoms with E-state index in [1.165, 1.54) is 12.8 Å². The number of nitrogens with one attached hydrogen (secondary N) is 1. The van der Waals surface area contributed by atoms with E-state index in [0.717, 1.165) is 11.9 Å². The summed E-state index contributed by atoms with van der Waals surface area (Å²) in [5.74, 6) is 1.50. The van der Waals surface area contributed by atoms with E-state index in [4.69, 9.17) is 9.15 Å². The summed E-state index contributed by atoms with van der Waals surface area (Å²) in [6.07, 6.45) is 2.43. The molecule has 0 atom stereocenters. The van der Waals surface area contributed by atoms with Gasteiger partial charge in [-0.05, 0) is 30.9 Å². The Morgan fingerprint density at radius 2 is 2.33 bits per heavy atom. The maximum atomic E-state index is 11.9. The van der Waals surface area contributed by atoms with Crippen molar-refractivity contribution in [2.24, 2.45) is 5.92 Å². The number of furan rings is 1. The van der Waals surface area contributed by atoms with Gasteiger partial charge in [0.05, 0.1) is 7.11 Å². The number of ether oxygens (including phenoxy) is 1. The zero-order valence-corrected chi connectivity index (χ0v) is 10.2. The minimum atomic E-state index is -0.153. The number of rotatable bonds is 4. The molecule has 3 rings (SSSR count). The first-order valence-corrected chi connectivity index (χ1v) is 6.12. The lowest BCUT2D eigenvalue weighted by Crippen LogP contribution is -2.24. The first kappa shape index (κ1) is 11.1. The van der Waals surface area contributed by atoms with Gasteiger partial charge in [-0.1, -0.05) is 12.1 Å². The number of para-hydroxylation sites is 1. The lowest BCUT2D eigenvalue weighted by molar-refractivity contribution is 0.0926. The van der Waals surface area contributed by atoms with E-state index in [1.807, 2.05) is 18.2 Å². The second kappa shape index (κ2) is 4.37. The first-order valence-electron chi connectivity index (χ1n) is 6.12. The summed E-state index contributed by atoms with van der Waals surface area (Å²) in [5, 5.41) is 3.77. The number of methoxy groups -OCH3 is 1. The summed E-state index contributed by atoms with van der Waals surface area (Å²) >= 11 is 0. The average molecular weight is 245 g/mol. The maximum Gasteiger partial charge on any atom is 0.287 e. The molecular weight excluding hydrogens is 230 g/mol. The molecule has 4 heteroatoms. The van der Waals surface area contributed by atoms with Crippen molar-refractivity contribution in [1.29, 1.82) is 0 Å². The molecule has 4 nitrogen and oxygen atoms in total. The van der Waals surface area contributed by atoms with Gasteiger partial charge in [-0.15, -0.1) is 0 Å². The Balaban J connectivity index is 1.85. The molecule has 1 amide bonds. The smallest absolute Gasteiger partial charge is 0.287 e. The van der Waals surface area contributed by atoms with Crippen LogP contribution in [-0.4, -0.2) is 19.6 Å². The molecule has 0 unspecified atom stereocenters. The van der Waals surface area contributed by atoms with Crippen molar-refractivity contribution in [1.82, 2.24) is 5.32 Å². The molecule has 1 fully saturated rings. The highest BCUT2D eigenvalue weighted by Gasteiger charge is 2.23. The monoisotopic (exact) mass is 245 g/mol. The number of amides is 1. The number of carbonyl (C=O) groups excluding carboxylic acids is 1. The summed E-state index contributed by atoms with van der Waals surface area (Å²) < 4.78 is 10.8. The molecule has 1 saturated carbocycles.